The predicted octanol–water partition coefficient (Wildman–Crippen LogP) is 1.17. The van der Waals surface area contributed by atoms with Crippen LogP contribution >= 0.6 is 0 Å². The molecule has 1 heterocycles. The Hall–Kier alpha value is -0.610. The molecule has 106 valence electrons. The van der Waals surface area contributed by atoms with Gasteiger partial charge in [0.2, 0.25) is 5.91 Å². The Morgan fingerprint density at radius 3 is 2.56 bits per heavy atom. The molecule has 2 unspecified atom stereocenters. The highest BCUT2D eigenvalue weighted by molar-refractivity contribution is 5.79. The molecule has 0 aromatic carbocycles. The monoisotopic (exact) mass is 255 g/mol. The molecule has 4 heteroatoms. The molecule has 0 spiro atoms. The van der Waals surface area contributed by atoms with E-state index in [2.05, 4.69) is 43.1 Å². The second-order valence-corrected chi connectivity index (χ2v) is 5.71. The lowest BCUT2D eigenvalue weighted by molar-refractivity contribution is -0.136. The van der Waals surface area contributed by atoms with Crippen molar-refractivity contribution >= 4 is 5.91 Å². The van der Waals surface area contributed by atoms with E-state index in [4.69, 9.17) is 0 Å². The summed E-state index contributed by atoms with van der Waals surface area (Å²) < 4.78 is 0. The van der Waals surface area contributed by atoms with Crippen molar-refractivity contribution in [1.82, 2.24) is 15.1 Å². The molecule has 0 aromatic rings. The van der Waals surface area contributed by atoms with Gasteiger partial charge in [-0.1, -0.05) is 6.92 Å². The van der Waals surface area contributed by atoms with Crippen molar-refractivity contribution in [2.24, 2.45) is 5.92 Å². The van der Waals surface area contributed by atoms with Gasteiger partial charge in [0.1, 0.15) is 0 Å². The molecule has 1 N–H and O–H groups in total. The Balaban J connectivity index is 2.51. The number of hydrogen-bond donors (Lipinski definition) is 1. The van der Waals surface area contributed by atoms with Gasteiger partial charge in [0.25, 0.3) is 0 Å². The molecule has 0 aliphatic carbocycles. The van der Waals surface area contributed by atoms with Crippen molar-refractivity contribution in [2.75, 3.05) is 40.3 Å². The average Bonchev–Trinajstić information content (AvgIpc) is 2.33. The lowest BCUT2D eigenvalue weighted by atomic mass is 9.92. The lowest BCUT2D eigenvalue weighted by Gasteiger charge is -2.32. The van der Waals surface area contributed by atoms with Crippen LogP contribution in [-0.4, -0.2) is 62.0 Å². The van der Waals surface area contributed by atoms with Gasteiger partial charge in [-0.3, -0.25) is 4.79 Å². The van der Waals surface area contributed by atoms with Gasteiger partial charge < -0.3 is 15.1 Å². The first-order valence-corrected chi connectivity index (χ1v) is 7.21. The quantitative estimate of drug-likeness (QED) is 0.774. The summed E-state index contributed by atoms with van der Waals surface area (Å²) in [5, 5.41) is 3.41. The number of amides is 1. The molecule has 4 nitrogen and oxygen atoms in total. The van der Waals surface area contributed by atoms with Gasteiger partial charge in [-0.2, -0.15) is 0 Å². The molecule has 1 fully saturated rings. The normalized spacial score (nSPS) is 24.3. The molecule has 1 saturated heterocycles. The second-order valence-electron chi connectivity index (χ2n) is 5.71. The number of rotatable bonds is 6. The third kappa shape index (κ3) is 4.94. The lowest BCUT2D eigenvalue weighted by Crippen LogP contribution is -2.46. The smallest absolute Gasteiger partial charge is 0.225 e. The fraction of sp³-hybridized carbons (Fsp3) is 0.929. The summed E-state index contributed by atoms with van der Waals surface area (Å²) in [5.74, 6) is 0.599. The van der Waals surface area contributed by atoms with Crippen LogP contribution in [0.2, 0.25) is 0 Å². The molecule has 18 heavy (non-hydrogen) atoms. The van der Waals surface area contributed by atoms with Crippen molar-refractivity contribution < 1.29 is 4.79 Å². The molecular weight excluding hydrogens is 226 g/mol. The molecule has 1 rings (SSSR count). The molecule has 1 aliphatic heterocycles. The van der Waals surface area contributed by atoms with Crippen LogP contribution in [0.15, 0.2) is 0 Å². The van der Waals surface area contributed by atoms with Gasteiger partial charge in [-0.25, -0.2) is 0 Å². The number of nitrogens with zero attached hydrogens (tertiary/aromatic N) is 2. The van der Waals surface area contributed by atoms with Gasteiger partial charge >= 0.3 is 0 Å². The summed E-state index contributed by atoms with van der Waals surface area (Å²) in [6, 6.07) is 0.477. The molecule has 0 aromatic heterocycles. The molecule has 1 amide bonds. The number of carbonyl (C=O) groups is 1. The van der Waals surface area contributed by atoms with Crippen LogP contribution < -0.4 is 5.32 Å². The summed E-state index contributed by atoms with van der Waals surface area (Å²) >= 11 is 0. The minimum absolute atomic E-state index is 0.231. The van der Waals surface area contributed by atoms with E-state index in [1.165, 1.54) is 0 Å². The first-order chi connectivity index (χ1) is 8.54. The largest absolute Gasteiger partial charge is 0.341 e. The Morgan fingerprint density at radius 2 is 2.00 bits per heavy atom. The van der Waals surface area contributed by atoms with Gasteiger partial charge in [0.15, 0.2) is 0 Å². The van der Waals surface area contributed by atoms with Crippen molar-refractivity contribution in [3.05, 3.63) is 0 Å². The maximum Gasteiger partial charge on any atom is 0.225 e. The van der Waals surface area contributed by atoms with Crippen LogP contribution in [0.1, 0.15) is 33.1 Å². The van der Waals surface area contributed by atoms with Gasteiger partial charge in [-0.05, 0) is 46.8 Å². The van der Waals surface area contributed by atoms with Gasteiger partial charge in [-0.15, -0.1) is 0 Å². The van der Waals surface area contributed by atoms with Crippen molar-refractivity contribution in [2.45, 2.75) is 39.2 Å². The third-order valence-corrected chi connectivity index (χ3v) is 3.60. The highest BCUT2D eigenvalue weighted by Gasteiger charge is 2.27. The van der Waals surface area contributed by atoms with Crippen molar-refractivity contribution in [1.29, 1.82) is 0 Å². The molecule has 2 atom stereocenters. The minimum atomic E-state index is 0.231. The minimum Gasteiger partial charge on any atom is -0.341 e. The number of piperidine rings is 1. The van der Waals surface area contributed by atoms with E-state index in [0.717, 1.165) is 45.4 Å². The Kier molecular flexibility index (Phi) is 6.65. The van der Waals surface area contributed by atoms with E-state index in [0.29, 0.717) is 11.9 Å². The number of likely N-dealkylation sites (N-methyl/N-ethyl adjacent to an activating group) is 1. The van der Waals surface area contributed by atoms with Crippen LogP contribution in [0.25, 0.3) is 0 Å². The summed E-state index contributed by atoms with van der Waals surface area (Å²) in [5.41, 5.74) is 0. The zero-order valence-corrected chi connectivity index (χ0v) is 12.4. The summed E-state index contributed by atoms with van der Waals surface area (Å²) in [4.78, 5) is 16.7. The van der Waals surface area contributed by atoms with Crippen molar-refractivity contribution in [3.63, 3.8) is 0 Å². The summed E-state index contributed by atoms with van der Waals surface area (Å²) in [7, 11) is 4.11. The van der Waals surface area contributed by atoms with E-state index >= 15 is 0 Å². The van der Waals surface area contributed by atoms with Crippen LogP contribution in [0.5, 0.6) is 0 Å². The van der Waals surface area contributed by atoms with Gasteiger partial charge in [0, 0.05) is 31.6 Å². The van der Waals surface area contributed by atoms with E-state index in [9.17, 15) is 4.79 Å². The summed E-state index contributed by atoms with van der Waals surface area (Å²) in [6.45, 7) is 7.99. The maximum absolute atomic E-state index is 12.5. The number of hydrogen-bond acceptors (Lipinski definition) is 3. The zero-order chi connectivity index (χ0) is 13.5. The van der Waals surface area contributed by atoms with Crippen LogP contribution in [0, 0.1) is 5.92 Å². The average molecular weight is 255 g/mol. The highest BCUT2D eigenvalue weighted by atomic mass is 16.2. The van der Waals surface area contributed by atoms with E-state index in [1.807, 2.05) is 0 Å². The van der Waals surface area contributed by atoms with E-state index in [1.54, 1.807) is 0 Å². The fourth-order valence-electron chi connectivity index (χ4n) is 2.54. The Labute approximate surface area is 112 Å². The summed E-state index contributed by atoms with van der Waals surface area (Å²) in [6.07, 6.45) is 3.02. The SMILES string of the molecule is CCCN(CCN(C)C)C(=O)C1CCNC(C)C1. The van der Waals surface area contributed by atoms with Crippen LogP contribution in [-0.2, 0) is 4.79 Å². The predicted molar refractivity (Wildman–Crippen MR) is 75.6 cm³/mol. The molecule has 0 saturated carbocycles. The fourth-order valence-corrected chi connectivity index (χ4v) is 2.54. The first-order valence-electron chi connectivity index (χ1n) is 7.21. The maximum atomic E-state index is 12.5. The topological polar surface area (TPSA) is 35.6 Å². The Bertz CT molecular complexity index is 255. The van der Waals surface area contributed by atoms with Gasteiger partial charge in [0.05, 0.1) is 0 Å². The first kappa shape index (κ1) is 15.4. The van der Waals surface area contributed by atoms with Crippen LogP contribution in [0.4, 0.5) is 0 Å². The molecule has 0 bridgehead atoms. The third-order valence-electron chi connectivity index (χ3n) is 3.60. The Morgan fingerprint density at radius 1 is 1.28 bits per heavy atom. The van der Waals surface area contributed by atoms with E-state index in [-0.39, 0.29) is 5.92 Å². The molecule has 1 aliphatic rings. The second kappa shape index (κ2) is 7.74. The zero-order valence-electron chi connectivity index (χ0n) is 12.4. The standard InChI is InChI=1S/C14H29N3O/c1-5-8-17(10-9-16(3)4)14(18)13-6-7-15-12(2)11-13/h12-13,15H,5-11H2,1-4H3. The number of nitrogens with one attached hydrogen (secondary N) is 1. The molecule has 0 radical (unpaired) electrons. The molecular formula is C14H29N3O. The van der Waals surface area contributed by atoms with Crippen molar-refractivity contribution in [3.8, 4) is 0 Å². The highest BCUT2D eigenvalue weighted by Crippen LogP contribution is 2.19. The van der Waals surface area contributed by atoms with E-state index < -0.39 is 0 Å². The van der Waals surface area contributed by atoms with Crippen LogP contribution in [0.3, 0.4) is 0 Å². The number of carbonyl (C=O) groups excluding carboxylic acids is 1.